The first kappa shape index (κ1) is 13.5. The first-order valence-corrected chi connectivity index (χ1v) is 5.85. The van der Waals surface area contributed by atoms with Gasteiger partial charge in [-0.1, -0.05) is 0 Å². The van der Waals surface area contributed by atoms with Crippen molar-refractivity contribution < 1.29 is 0 Å². The molecule has 0 saturated heterocycles. The third-order valence-electron chi connectivity index (χ3n) is 2.55. The molecule has 0 radical (unpaired) electrons. The van der Waals surface area contributed by atoms with Gasteiger partial charge in [-0.05, 0) is 32.4 Å². The minimum Gasteiger partial charge on any atom is -0.367 e. The maximum Gasteiger partial charge on any atom is 0.138 e. The van der Waals surface area contributed by atoms with Gasteiger partial charge >= 0.3 is 0 Å². The summed E-state index contributed by atoms with van der Waals surface area (Å²) in [5.74, 6) is 0.996. The zero-order valence-electron chi connectivity index (χ0n) is 11.4. The van der Waals surface area contributed by atoms with Crippen molar-refractivity contribution in [2.24, 2.45) is 9.98 Å². The van der Waals surface area contributed by atoms with Crippen LogP contribution in [-0.4, -0.2) is 41.7 Å². The minimum atomic E-state index is -0.0173. The van der Waals surface area contributed by atoms with Gasteiger partial charge in [0.25, 0.3) is 0 Å². The summed E-state index contributed by atoms with van der Waals surface area (Å²) in [5.41, 5.74) is 2.36. The number of aromatic amines is 1. The van der Waals surface area contributed by atoms with Crippen LogP contribution in [0.1, 0.15) is 26.3 Å². The second-order valence-corrected chi connectivity index (χ2v) is 4.46. The van der Waals surface area contributed by atoms with Gasteiger partial charge in [0.15, 0.2) is 0 Å². The van der Waals surface area contributed by atoms with Crippen molar-refractivity contribution in [2.45, 2.75) is 33.4 Å². The average Bonchev–Trinajstić information content (AvgIpc) is 2.69. The highest BCUT2D eigenvalue weighted by Crippen LogP contribution is 2.02. The first-order valence-electron chi connectivity index (χ1n) is 5.85. The highest BCUT2D eigenvalue weighted by molar-refractivity contribution is 5.84. The lowest BCUT2D eigenvalue weighted by molar-refractivity contribution is 0.604. The van der Waals surface area contributed by atoms with E-state index >= 15 is 0 Å². The quantitative estimate of drug-likeness (QED) is 0.630. The Hall–Kier alpha value is -1.58. The summed E-state index contributed by atoms with van der Waals surface area (Å²) >= 11 is 0. The molecule has 0 fully saturated rings. The zero-order chi connectivity index (χ0) is 12.8. The highest BCUT2D eigenvalue weighted by atomic mass is 15.2. The van der Waals surface area contributed by atoms with E-state index in [4.69, 9.17) is 0 Å². The fourth-order valence-electron chi connectivity index (χ4n) is 1.54. The number of hydrogen-bond acceptors (Lipinski definition) is 2. The third-order valence-corrected chi connectivity index (χ3v) is 2.55. The number of aliphatic imine (C=N–C) groups is 2. The number of nitrogens with one attached hydrogen (secondary N) is 1. The molecule has 1 N–H and O–H groups in total. The maximum absolute atomic E-state index is 4.56. The molecule has 1 rings (SSSR count). The van der Waals surface area contributed by atoms with Gasteiger partial charge < -0.3 is 9.88 Å². The second-order valence-electron chi connectivity index (χ2n) is 4.46. The number of aromatic nitrogens is 1. The van der Waals surface area contributed by atoms with Crippen molar-refractivity contribution in [1.29, 1.82) is 0 Å². The lowest BCUT2D eigenvalue weighted by Crippen LogP contribution is -2.20. The Morgan fingerprint density at radius 3 is 2.59 bits per heavy atom. The summed E-state index contributed by atoms with van der Waals surface area (Å²) in [5, 5.41) is 0. The fourth-order valence-corrected chi connectivity index (χ4v) is 1.54. The SMILES string of the molecule is C/C(Cc1cc[nH]c1)=N\C(C)/N=C(\C)N(C)C. The van der Waals surface area contributed by atoms with Crippen LogP contribution in [0.4, 0.5) is 0 Å². The second kappa shape index (κ2) is 6.23. The Morgan fingerprint density at radius 2 is 2.06 bits per heavy atom. The van der Waals surface area contributed by atoms with E-state index in [1.165, 1.54) is 5.56 Å². The largest absolute Gasteiger partial charge is 0.367 e. The van der Waals surface area contributed by atoms with Crippen LogP contribution >= 0.6 is 0 Å². The summed E-state index contributed by atoms with van der Waals surface area (Å²) in [6, 6.07) is 2.07. The zero-order valence-corrected chi connectivity index (χ0v) is 11.4. The van der Waals surface area contributed by atoms with Gasteiger partial charge in [0.1, 0.15) is 6.17 Å². The molecule has 0 amide bonds. The molecule has 1 aromatic heterocycles. The minimum absolute atomic E-state index is 0.0173. The number of hydrogen-bond donors (Lipinski definition) is 1. The predicted molar refractivity (Wildman–Crippen MR) is 73.9 cm³/mol. The molecule has 4 heteroatoms. The van der Waals surface area contributed by atoms with Gasteiger partial charge in [0, 0.05) is 38.6 Å². The molecule has 0 aliphatic carbocycles. The maximum atomic E-state index is 4.56. The molecule has 0 aromatic carbocycles. The van der Waals surface area contributed by atoms with E-state index in [1.807, 2.05) is 52.2 Å². The first-order chi connectivity index (χ1) is 7.99. The van der Waals surface area contributed by atoms with Crippen LogP contribution < -0.4 is 0 Å². The van der Waals surface area contributed by atoms with Crippen LogP contribution in [0.2, 0.25) is 0 Å². The summed E-state index contributed by atoms with van der Waals surface area (Å²) in [6.45, 7) is 6.05. The van der Waals surface area contributed by atoms with E-state index < -0.39 is 0 Å². The third kappa shape index (κ3) is 4.85. The van der Waals surface area contributed by atoms with E-state index in [2.05, 4.69) is 21.0 Å². The average molecular weight is 234 g/mol. The molecule has 0 aliphatic heterocycles. The normalized spacial score (nSPS) is 14.9. The van der Waals surface area contributed by atoms with Gasteiger partial charge in [-0.15, -0.1) is 0 Å². The lowest BCUT2D eigenvalue weighted by atomic mass is 10.2. The van der Waals surface area contributed by atoms with E-state index in [1.54, 1.807) is 0 Å². The number of amidine groups is 1. The molecule has 0 bridgehead atoms. The molecule has 1 heterocycles. The summed E-state index contributed by atoms with van der Waals surface area (Å²) in [4.78, 5) is 14.1. The van der Waals surface area contributed by atoms with E-state index in [0.717, 1.165) is 18.0 Å². The van der Waals surface area contributed by atoms with Gasteiger partial charge in [0.2, 0.25) is 0 Å². The van der Waals surface area contributed by atoms with Crippen LogP contribution in [0.25, 0.3) is 0 Å². The Kier molecular flexibility index (Phi) is 4.94. The van der Waals surface area contributed by atoms with Crippen molar-refractivity contribution in [2.75, 3.05) is 14.1 Å². The fraction of sp³-hybridized carbons (Fsp3) is 0.538. The van der Waals surface area contributed by atoms with Gasteiger partial charge in [-0.3, -0.25) is 4.99 Å². The van der Waals surface area contributed by atoms with Crippen molar-refractivity contribution in [3.8, 4) is 0 Å². The Balaban J connectivity index is 2.59. The molecular formula is C13H22N4. The van der Waals surface area contributed by atoms with Crippen LogP contribution in [0.3, 0.4) is 0 Å². The van der Waals surface area contributed by atoms with Crippen LogP contribution in [0.5, 0.6) is 0 Å². The lowest BCUT2D eigenvalue weighted by Gasteiger charge is -2.13. The summed E-state index contributed by atoms with van der Waals surface area (Å²) < 4.78 is 0. The van der Waals surface area contributed by atoms with Crippen LogP contribution in [0.15, 0.2) is 28.4 Å². The van der Waals surface area contributed by atoms with Gasteiger partial charge in [-0.2, -0.15) is 0 Å². The molecule has 17 heavy (non-hydrogen) atoms. The number of rotatable bonds is 4. The predicted octanol–water partition coefficient (Wildman–Crippen LogP) is 2.34. The van der Waals surface area contributed by atoms with Gasteiger partial charge in [-0.25, -0.2) is 4.99 Å². The van der Waals surface area contributed by atoms with Crippen molar-refractivity contribution in [1.82, 2.24) is 9.88 Å². The molecule has 0 aliphatic rings. The molecule has 1 aromatic rings. The Labute approximate surface area is 103 Å². The van der Waals surface area contributed by atoms with Gasteiger partial charge in [0.05, 0.1) is 5.84 Å². The standard InChI is InChI=1S/C13H22N4/c1-10(8-13-6-7-14-9-13)15-11(2)16-12(3)17(4)5/h6-7,9,11,14H,8H2,1-5H3/b15-10+,16-12+. The van der Waals surface area contributed by atoms with E-state index in [9.17, 15) is 0 Å². The van der Waals surface area contributed by atoms with Crippen molar-refractivity contribution in [3.05, 3.63) is 24.0 Å². The molecule has 1 unspecified atom stereocenters. The van der Waals surface area contributed by atoms with Crippen LogP contribution in [-0.2, 0) is 6.42 Å². The molecule has 0 saturated carbocycles. The summed E-state index contributed by atoms with van der Waals surface area (Å²) in [7, 11) is 3.98. The van der Waals surface area contributed by atoms with E-state index in [0.29, 0.717) is 0 Å². The van der Waals surface area contributed by atoms with Crippen molar-refractivity contribution in [3.63, 3.8) is 0 Å². The van der Waals surface area contributed by atoms with Crippen molar-refractivity contribution >= 4 is 11.5 Å². The summed E-state index contributed by atoms with van der Waals surface area (Å²) in [6.07, 6.45) is 4.79. The smallest absolute Gasteiger partial charge is 0.138 e. The molecule has 1 atom stereocenters. The molecule has 94 valence electrons. The number of nitrogens with zero attached hydrogens (tertiary/aromatic N) is 3. The Morgan fingerprint density at radius 1 is 1.35 bits per heavy atom. The van der Waals surface area contributed by atoms with Crippen LogP contribution in [0, 0.1) is 0 Å². The molecular weight excluding hydrogens is 212 g/mol. The Bertz CT molecular complexity index is 388. The number of H-pyrrole nitrogens is 1. The van der Waals surface area contributed by atoms with E-state index in [-0.39, 0.29) is 6.17 Å². The molecule has 4 nitrogen and oxygen atoms in total. The topological polar surface area (TPSA) is 43.8 Å². The monoisotopic (exact) mass is 234 g/mol. The molecule has 0 spiro atoms. The highest BCUT2D eigenvalue weighted by Gasteiger charge is 2.01.